The van der Waals surface area contributed by atoms with Crippen molar-refractivity contribution >= 4 is 23.0 Å². The Labute approximate surface area is 95.3 Å². The van der Waals surface area contributed by atoms with Crippen LogP contribution in [-0.2, 0) is 6.42 Å². The van der Waals surface area contributed by atoms with Crippen LogP contribution in [0.1, 0.15) is 12.5 Å². The van der Waals surface area contributed by atoms with Crippen LogP contribution in [0.5, 0.6) is 0 Å². The predicted octanol–water partition coefficient (Wildman–Crippen LogP) is 2.77. The van der Waals surface area contributed by atoms with E-state index in [9.17, 15) is 0 Å². The molecule has 1 heterocycles. The molecule has 0 aliphatic carbocycles. The molecule has 0 unspecified atom stereocenters. The van der Waals surface area contributed by atoms with E-state index in [1.165, 1.54) is 11.3 Å². The molecule has 0 saturated heterocycles. The van der Waals surface area contributed by atoms with Gasteiger partial charge in [-0.05, 0) is 30.5 Å². The monoisotopic (exact) mass is 222 g/mol. The highest BCUT2D eigenvalue weighted by atomic mass is 35.5. The SMILES string of the molecule is C/C(=C/Cl)CN1CCc2cccc(N)c21. The maximum absolute atomic E-state index is 5.99. The molecule has 0 saturated carbocycles. The van der Waals surface area contributed by atoms with Crippen molar-refractivity contribution in [2.75, 3.05) is 23.7 Å². The molecule has 0 atom stereocenters. The van der Waals surface area contributed by atoms with Gasteiger partial charge in [-0.3, -0.25) is 0 Å². The fraction of sp³-hybridized carbons (Fsp3) is 0.333. The highest BCUT2D eigenvalue weighted by Gasteiger charge is 2.20. The number of para-hydroxylation sites is 1. The van der Waals surface area contributed by atoms with E-state index in [4.69, 9.17) is 17.3 Å². The van der Waals surface area contributed by atoms with Crippen LogP contribution in [0.3, 0.4) is 0 Å². The summed E-state index contributed by atoms with van der Waals surface area (Å²) >= 11 is 5.68. The third-order valence-corrected chi connectivity index (χ3v) is 3.12. The molecule has 80 valence electrons. The van der Waals surface area contributed by atoms with Crippen molar-refractivity contribution in [2.24, 2.45) is 0 Å². The lowest BCUT2D eigenvalue weighted by atomic mass is 10.1. The molecule has 0 fully saturated rings. The van der Waals surface area contributed by atoms with E-state index in [0.29, 0.717) is 0 Å². The van der Waals surface area contributed by atoms with Crippen molar-refractivity contribution in [3.8, 4) is 0 Å². The topological polar surface area (TPSA) is 29.3 Å². The molecular formula is C12H15ClN2. The van der Waals surface area contributed by atoms with E-state index in [-0.39, 0.29) is 0 Å². The van der Waals surface area contributed by atoms with Crippen molar-refractivity contribution in [2.45, 2.75) is 13.3 Å². The van der Waals surface area contributed by atoms with Crippen LogP contribution < -0.4 is 10.6 Å². The molecule has 1 aromatic rings. The average molecular weight is 223 g/mol. The Morgan fingerprint density at radius 1 is 1.60 bits per heavy atom. The molecule has 0 bridgehead atoms. The van der Waals surface area contributed by atoms with Crippen LogP contribution in [0.25, 0.3) is 0 Å². The Hall–Kier alpha value is -1.15. The van der Waals surface area contributed by atoms with Gasteiger partial charge in [0.05, 0.1) is 11.4 Å². The number of nitrogen functional groups attached to an aromatic ring is 1. The van der Waals surface area contributed by atoms with E-state index in [0.717, 1.165) is 30.8 Å². The summed E-state index contributed by atoms with van der Waals surface area (Å²) < 4.78 is 0. The summed E-state index contributed by atoms with van der Waals surface area (Å²) in [6.07, 6.45) is 1.08. The molecule has 2 N–H and O–H groups in total. The van der Waals surface area contributed by atoms with E-state index in [2.05, 4.69) is 11.0 Å². The van der Waals surface area contributed by atoms with Crippen LogP contribution in [-0.4, -0.2) is 13.1 Å². The summed E-state index contributed by atoms with van der Waals surface area (Å²) in [6.45, 7) is 3.93. The second-order valence-electron chi connectivity index (χ2n) is 3.98. The van der Waals surface area contributed by atoms with Gasteiger partial charge in [-0.1, -0.05) is 23.7 Å². The molecule has 2 rings (SSSR count). The molecule has 0 amide bonds. The first-order valence-electron chi connectivity index (χ1n) is 5.10. The number of nitrogens with two attached hydrogens (primary N) is 1. The summed E-state index contributed by atoms with van der Waals surface area (Å²) in [6, 6.07) is 6.12. The van der Waals surface area contributed by atoms with Crippen LogP contribution in [0.2, 0.25) is 0 Å². The number of hydrogen-bond acceptors (Lipinski definition) is 2. The van der Waals surface area contributed by atoms with E-state index < -0.39 is 0 Å². The van der Waals surface area contributed by atoms with Gasteiger partial charge in [-0.25, -0.2) is 0 Å². The minimum atomic E-state index is 0.866. The first-order chi connectivity index (χ1) is 7.22. The molecule has 1 aliphatic heterocycles. The van der Waals surface area contributed by atoms with Crippen LogP contribution in [0, 0.1) is 0 Å². The second-order valence-corrected chi connectivity index (χ2v) is 4.20. The van der Waals surface area contributed by atoms with Crippen molar-refractivity contribution in [1.29, 1.82) is 0 Å². The van der Waals surface area contributed by atoms with Gasteiger partial charge in [0.2, 0.25) is 0 Å². The van der Waals surface area contributed by atoms with Gasteiger partial charge in [-0.2, -0.15) is 0 Å². The number of rotatable bonds is 2. The van der Waals surface area contributed by atoms with Crippen LogP contribution >= 0.6 is 11.6 Å². The number of halogens is 1. The molecule has 1 aromatic carbocycles. The van der Waals surface area contributed by atoms with Gasteiger partial charge in [-0.15, -0.1) is 0 Å². The third-order valence-electron chi connectivity index (χ3n) is 2.74. The summed E-state index contributed by atoms with van der Waals surface area (Å²) in [5, 5.41) is 0. The lowest BCUT2D eigenvalue weighted by Crippen LogP contribution is -2.23. The lowest BCUT2D eigenvalue weighted by molar-refractivity contribution is 0.881. The zero-order valence-corrected chi connectivity index (χ0v) is 9.59. The maximum atomic E-state index is 5.99. The average Bonchev–Trinajstić information content (AvgIpc) is 2.63. The predicted molar refractivity (Wildman–Crippen MR) is 66.4 cm³/mol. The molecule has 3 heteroatoms. The van der Waals surface area contributed by atoms with Crippen molar-refractivity contribution in [3.63, 3.8) is 0 Å². The lowest BCUT2D eigenvalue weighted by Gasteiger charge is -2.20. The third kappa shape index (κ3) is 1.95. The molecule has 0 spiro atoms. The summed E-state index contributed by atoms with van der Waals surface area (Å²) in [7, 11) is 0. The summed E-state index contributed by atoms with van der Waals surface area (Å²) in [4.78, 5) is 2.29. The first kappa shape index (κ1) is 10.4. The Morgan fingerprint density at radius 2 is 2.40 bits per heavy atom. The fourth-order valence-corrected chi connectivity index (χ4v) is 2.13. The van der Waals surface area contributed by atoms with Gasteiger partial charge in [0, 0.05) is 18.6 Å². The molecule has 2 nitrogen and oxygen atoms in total. The van der Waals surface area contributed by atoms with E-state index in [1.54, 1.807) is 5.54 Å². The number of hydrogen-bond donors (Lipinski definition) is 1. The zero-order chi connectivity index (χ0) is 10.8. The molecular weight excluding hydrogens is 208 g/mol. The number of nitrogens with zero attached hydrogens (tertiary/aromatic N) is 1. The Balaban J connectivity index is 2.28. The maximum Gasteiger partial charge on any atom is 0.0636 e. The Bertz CT molecular complexity index is 399. The minimum Gasteiger partial charge on any atom is -0.397 e. The smallest absolute Gasteiger partial charge is 0.0636 e. The highest BCUT2D eigenvalue weighted by Crippen LogP contribution is 2.33. The van der Waals surface area contributed by atoms with Crippen molar-refractivity contribution < 1.29 is 0 Å². The standard InChI is InChI=1S/C12H15ClN2/c1-9(7-13)8-15-6-5-10-3-2-4-11(14)12(10)15/h2-4,7H,5-6,8,14H2,1H3/b9-7-. The van der Waals surface area contributed by atoms with E-state index >= 15 is 0 Å². The quantitative estimate of drug-likeness (QED) is 0.780. The second kappa shape index (κ2) is 4.15. The largest absolute Gasteiger partial charge is 0.397 e. The van der Waals surface area contributed by atoms with Gasteiger partial charge < -0.3 is 10.6 Å². The molecule has 15 heavy (non-hydrogen) atoms. The van der Waals surface area contributed by atoms with E-state index in [1.807, 2.05) is 19.1 Å². The number of fused-ring (bicyclic) bond motifs is 1. The molecule has 1 aliphatic rings. The van der Waals surface area contributed by atoms with Crippen LogP contribution in [0.4, 0.5) is 11.4 Å². The summed E-state index contributed by atoms with van der Waals surface area (Å²) in [5.41, 5.74) is 12.2. The first-order valence-corrected chi connectivity index (χ1v) is 5.54. The number of benzene rings is 1. The highest BCUT2D eigenvalue weighted by molar-refractivity contribution is 6.25. The van der Waals surface area contributed by atoms with Crippen LogP contribution in [0.15, 0.2) is 29.3 Å². The van der Waals surface area contributed by atoms with Crippen molar-refractivity contribution in [3.05, 3.63) is 34.9 Å². The normalized spacial score (nSPS) is 15.6. The van der Waals surface area contributed by atoms with Gasteiger partial charge in [0.25, 0.3) is 0 Å². The molecule has 0 aromatic heterocycles. The minimum absolute atomic E-state index is 0.866. The van der Waals surface area contributed by atoms with Crippen molar-refractivity contribution in [1.82, 2.24) is 0 Å². The van der Waals surface area contributed by atoms with Gasteiger partial charge in [0.1, 0.15) is 0 Å². The Kier molecular flexibility index (Phi) is 2.87. The van der Waals surface area contributed by atoms with Gasteiger partial charge >= 0.3 is 0 Å². The summed E-state index contributed by atoms with van der Waals surface area (Å²) in [5.74, 6) is 0. The molecule has 0 radical (unpaired) electrons. The zero-order valence-electron chi connectivity index (χ0n) is 8.83. The Morgan fingerprint density at radius 3 is 3.13 bits per heavy atom. The fourth-order valence-electron chi connectivity index (χ4n) is 2.06. The number of anilines is 2. The van der Waals surface area contributed by atoms with Gasteiger partial charge in [0.15, 0.2) is 0 Å².